The molecule has 0 spiro atoms. The summed E-state index contributed by atoms with van der Waals surface area (Å²) >= 11 is 0. The second-order valence-corrected chi connectivity index (χ2v) is 5.45. The van der Waals surface area contributed by atoms with Crippen molar-refractivity contribution in [3.8, 4) is 6.07 Å². The van der Waals surface area contributed by atoms with E-state index in [0.29, 0.717) is 6.42 Å². The van der Waals surface area contributed by atoms with Gasteiger partial charge in [-0.2, -0.15) is 10.4 Å². The number of aliphatic hydroxyl groups excluding tert-OH is 1. The predicted octanol–water partition coefficient (Wildman–Crippen LogP) is 2.30. The molecule has 0 amide bonds. The van der Waals surface area contributed by atoms with Crippen LogP contribution >= 0.6 is 0 Å². The number of aromatic nitrogens is 2. The van der Waals surface area contributed by atoms with Gasteiger partial charge in [0.1, 0.15) is 0 Å². The maximum Gasteiger partial charge on any atom is 0.0981 e. The molecule has 0 radical (unpaired) electrons. The molecule has 4 heteroatoms. The third kappa shape index (κ3) is 2.86. The lowest BCUT2D eigenvalue weighted by Crippen LogP contribution is -2.19. The molecule has 0 fully saturated rings. The van der Waals surface area contributed by atoms with Crippen LogP contribution in [-0.2, 0) is 12.5 Å². The van der Waals surface area contributed by atoms with Crippen LogP contribution in [0.4, 0.5) is 0 Å². The molecule has 94 valence electrons. The van der Waals surface area contributed by atoms with Crippen LogP contribution in [0.5, 0.6) is 0 Å². The third-order valence-electron chi connectivity index (χ3n) is 2.87. The standard InChI is InChI=1S/C13H21N3O/c1-6-9(7-14)11(17)10-8-16(5)15-12(10)13(2,3)4/h8-9,11,17H,6H2,1-5H3. The smallest absolute Gasteiger partial charge is 0.0981 e. The first-order chi connectivity index (χ1) is 7.81. The summed E-state index contributed by atoms with van der Waals surface area (Å²) in [6, 6.07) is 2.15. The number of rotatable bonds is 3. The summed E-state index contributed by atoms with van der Waals surface area (Å²) in [6.45, 7) is 8.07. The van der Waals surface area contributed by atoms with Crippen molar-refractivity contribution in [2.24, 2.45) is 13.0 Å². The van der Waals surface area contributed by atoms with Crippen LogP contribution in [0.2, 0.25) is 0 Å². The van der Waals surface area contributed by atoms with Gasteiger partial charge in [-0.3, -0.25) is 4.68 Å². The van der Waals surface area contributed by atoms with Gasteiger partial charge in [-0.1, -0.05) is 27.7 Å². The highest BCUT2D eigenvalue weighted by atomic mass is 16.3. The maximum absolute atomic E-state index is 10.3. The van der Waals surface area contributed by atoms with Gasteiger partial charge >= 0.3 is 0 Å². The van der Waals surface area contributed by atoms with E-state index < -0.39 is 6.10 Å². The molecule has 2 unspecified atom stereocenters. The lowest BCUT2D eigenvalue weighted by molar-refractivity contribution is 0.130. The zero-order chi connectivity index (χ0) is 13.2. The molecule has 0 saturated carbocycles. The molecule has 1 aromatic rings. The molecule has 1 aromatic heterocycles. The van der Waals surface area contributed by atoms with E-state index in [0.717, 1.165) is 11.3 Å². The fourth-order valence-corrected chi connectivity index (χ4v) is 1.91. The van der Waals surface area contributed by atoms with E-state index in [1.54, 1.807) is 4.68 Å². The largest absolute Gasteiger partial charge is 0.387 e. The van der Waals surface area contributed by atoms with E-state index in [4.69, 9.17) is 5.26 Å². The minimum absolute atomic E-state index is 0.134. The average Bonchev–Trinajstić information content (AvgIpc) is 2.61. The van der Waals surface area contributed by atoms with Crippen LogP contribution in [0.1, 0.15) is 51.5 Å². The Morgan fingerprint density at radius 3 is 2.53 bits per heavy atom. The molecule has 1 heterocycles. The van der Waals surface area contributed by atoms with Crippen LogP contribution in [0.15, 0.2) is 6.20 Å². The number of hydrogen-bond donors (Lipinski definition) is 1. The van der Waals surface area contributed by atoms with E-state index in [1.807, 2.05) is 20.2 Å². The summed E-state index contributed by atoms with van der Waals surface area (Å²) in [7, 11) is 1.83. The van der Waals surface area contributed by atoms with Crippen molar-refractivity contribution in [3.63, 3.8) is 0 Å². The van der Waals surface area contributed by atoms with Gasteiger partial charge in [0.2, 0.25) is 0 Å². The Morgan fingerprint density at radius 1 is 1.53 bits per heavy atom. The zero-order valence-electron chi connectivity index (χ0n) is 11.2. The van der Waals surface area contributed by atoms with Gasteiger partial charge in [-0.15, -0.1) is 0 Å². The number of nitriles is 1. The molecule has 17 heavy (non-hydrogen) atoms. The summed E-state index contributed by atoms with van der Waals surface area (Å²) in [5.74, 6) is -0.375. The van der Waals surface area contributed by atoms with Crippen molar-refractivity contribution in [2.45, 2.75) is 45.6 Å². The Bertz CT molecular complexity index is 423. The lowest BCUT2D eigenvalue weighted by Gasteiger charge is -2.21. The van der Waals surface area contributed by atoms with Crippen molar-refractivity contribution >= 4 is 0 Å². The fraction of sp³-hybridized carbons (Fsp3) is 0.692. The minimum Gasteiger partial charge on any atom is -0.387 e. The topological polar surface area (TPSA) is 61.8 Å². The molecule has 0 aliphatic rings. The normalized spacial score (nSPS) is 15.4. The summed E-state index contributed by atoms with van der Waals surface area (Å²) in [6.07, 6.45) is 1.69. The molecular weight excluding hydrogens is 214 g/mol. The molecule has 0 aromatic carbocycles. The number of aryl methyl sites for hydroxylation is 1. The van der Waals surface area contributed by atoms with E-state index in [1.165, 1.54) is 0 Å². The highest BCUT2D eigenvalue weighted by Gasteiger charge is 2.29. The van der Waals surface area contributed by atoms with E-state index in [-0.39, 0.29) is 11.3 Å². The monoisotopic (exact) mass is 235 g/mol. The molecule has 1 rings (SSSR count). The first-order valence-corrected chi connectivity index (χ1v) is 5.93. The number of hydrogen-bond acceptors (Lipinski definition) is 3. The molecule has 0 saturated heterocycles. The first-order valence-electron chi connectivity index (χ1n) is 5.93. The molecule has 0 aliphatic heterocycles. The van der Waals surface area contributed by atoms with E-state index in [9.17, 15) is 5.11 Å². The molecule has 2 atom stereocenters. The minimum atomic E-state index is -0.757. The van der Waals surface area contributed by atoms with E-state index >= 15 is 0 Å². The van der Waals surface area contributed by atoms with Gasteiger partial charge in [0.05, 0.1) is 23.8 Å². The first kappa shape index (κ1) is 13.7. The second-order valence-electron chi connectivity index (χ2n) is 5.45. The Labute approximate surface area is 103 Å². The Kier molecular flexibility index (Phi) is 3.94. The Hall–Kier alpha value is -1.34. The zero-order valence-corrected chi connectivity index (χ0v) is 11.2. The van der Waals surface area contributed by atoms with Crippen molar-refractivity contribution in [1.82, 2.24) is 9.78 Å². The Morgan fingerprint density at radius 2 is 2.12 bits per heavy atom. The van der Waals surface area contributed by atoms with Gasteiger partial charge in [0.15, 0.2) is 0 Å². The molecule has 1 N–H and O–H groups in total. The fourth-order valence-electron chi connectivity index (χ4n) is 1.91. The predicted molar refractivity (Wildman–Crippen MR) is 66.3 cm³/mol. The molecule has 0 bridgehead atoms. The van der Waals surface area contributed by atoms with Gasteiger partial charge in [-0.05, 0) is 6.42 Å². The van der Waals surface area contributed by atoms with Crippen LogP contribution in [0.3, 0.4) is 0 Å². The van der Waals surface area contributed by atoms with Crippen LogP contribution < -0.4 is 0 Å². The molecule has 0 aliphatic carbocycles. The van der Waals surface area contributed by atoms with Crippen molar-refractivity contribution in [1.29, 1.82) is 5.26 Å². The number of aliphatic hydroxyl groups is 1. The van der Waals surface area contributed by atoms with Gasteiger partial charge in [0, 0.05) is 24.2 Å². The van der Waals surface area contributed by atoms with Gasteiger partial charge in [0.25, 0.3) is 0 Å². The highest BCUT2D eigenvalue weighted by molar-refractivity contribution is 5.27. The maximum atomic E-state index is 10.3. The summed E-state index contributed by atoms with van der Waals surface area (Å²) < 4.78 is 1.70. The van der Waals surface area contributed by atoms with Crippen LogP contribution in [0, 0.1) is 17.2 Å². The second kappa shape index (κ2) is 4.89. The lowest BCUT2D eigenvalue weighted by atomic mass is 9.85. The van der Waals surface area contributed by atoms with Crippen LogP contribution in [-0.4, -0.2) is 14.9 Å². The van der Waals surface area contributed by atoms with Crippen LogP contribution in [0.25, 0.3) is 0 Å². The average molecular weight is 235 g/mol. The van der Waals surface area contributed by atoms with Crippen molar-refractivity contribution in [3.05, 3.63) is 17.5 Å². The summed E-state index contributed by atoms with van der Waals surface area (Å²) in [5, 5.41) is 23.7. The third-order valence-corrected chi connectivity index (χ3v) is 2.87. The molecule has 4 nitrogen and oxygen atoms in total. The summed E-state index contributed by atoms with van der Waals surface area (Å²) in [5.41, 5.74) is 1.50. The van der Waals surface area contributed by atoms with E-state index in [2.05, 4.69) is 31.9 Å². The quantitative estimate of drug-likeness (QED) is 0.874. The van der Waals surface area contributed by atoms with Crippen molar-refractivity contribution in [2.75, 3.05) is 0 Å². The number of nitrogens with zero attached hydrogens (tertiary/aromatic N) is 3. The SMILES string of the molecule is CCC(C#N)C(O)c1cn(C)nc1C(C)(C)C. The highest BCUT2D eigenvalue weighted by Crippen LogP contribution is 2.32. The van der Waals surface area contributed by atoms with Gasteiger partial charge in [-0.25, -0.2) is 0 Å². The van der Waals surface area contributed by atoms with Crippen molar-refractivity contribution < 1.29 is 5.11 Å². The molecular formula is C13H21N3O. The summed E-state index contributed by atoms with van der Waals surface area (Å²) in [4.78, 5) is 0. The van der Waals surface area contributed by atoms with Gasteiger partial charge < -0.3 is 5.11 Å². The Balaban J connectivity index is 3.18.